The summed E-state index contributed by atoms with van der Waals surface area (Å²) in [6.07, 6.45) is 2.77. The Morgan fingerprint density at radius 2 is 1.80 bits per heavy atom. The van der Waals surface area contributed by atoms with Crippen LogP contribution < -0.4 is 14.8 Å². The number of carbonyl (C=O) groups is 2. The molecule has 30 heavy (non-hydrogen) atoms. The third-order valence-corrected chi connectivity index (χ3v) is 4.96. The maximum Gasteiger partial charge on any atom is 0.260 e. The first-order valence-corrected chi connectivity index (χ1v) is 10.1. The molecule has 1 N–H and O–H groups in total. The number of carbonyl (C=O) groups excluding carboxylic acids is 2. The minimum absolute atomic E-state index is 0.0942. The van der Waals surface area contributed by atoms with Crippen LogP contribution in [0.3, 0.4) is 0 Å². The normalized spacial score (nSPS) is 12.9. The summed E-state index contributed by atoms with van der Waals surface area (Å²) in [5.41, 5.74) is 0.958. The lowest BCUT2D eigenvalue weighted by Gasteiger charge is -2.22. The van der Waals surface area contributed by atoms with Crippen LogP contribution in [0.15, 0.2) is 48.5 Å². The van der Waals surface area contributed by atoms with Gasteiger partial charge in [-0.1, -0.05) is 24.3 Å². The monoisotopic (exact) mass is 414 g/mol. The van der Waals surface area contributed by atoms with Gasteiger partial charge < -0.3 is 19.7 Å². The number of para-hydroxylation sites is 2. The Morgan fingerprint density at radius 1 is 1.10 bits per heavy atom. The quantitative estimate of drug-likeness (QED) is 0.614. The molecule has 1 fully saturated rings. The number of rotatable bonds is 11. The molecule has 1 saturated carbocycles. The Kier molecular flexibility index (Phi) is 7.65. The molecule has 0 bridgehead atoms. The summed E-state index contributed by atoms with van der Waals surface area (Å²) in [5, 5.41) is 2.85. The lowest BCUT2D eigenvalue weighted by atomic mass is 10.1. The number of amides is 2. The number of nitrogens with one attached hydrogen (secondary N) is 1. The second kappa shape index (κ2) is 10.6. The maximum atomic E-state index is 12.9. The van der Waals surface area contributed by atoms with Crippen LogP contribution in [-0.4, -0.2) is 49.6 Å². The zero-order chi connectivity index (χ0) is 21.3. The zero-order valence-corrected chi connectivity index (χ0v) is 17.1. The summed E-state index contributed by atoms with van der Waals surface area (Å²) in [5.74, 6) is 0.567. The van der Waals surface area contributed by atoms with Crippen LogP contribution in [0.5, 0.6) is 11.5 Å². The van der Waals surface area contributed by atoms with Gasteiger partial charge in [-0.2, -0.15) is 0 Å². The fourth-order valence-electron chi connectivity index (χ4n) is 3.17. The van der Waals surface area contributed by atoms with E-state index < -0.39 is 0 Å². The van der Waals surface area contributed by atoms with E-state index in [4.69, 9.17) is 9.47 Å². The molecule has 1 aliphatic rings. The van der Waals surface area contributed by atoms with Gasteiger partial charge >= 0.3 is 0 Å². The molecule has 0 atom stereocenters. The second-order valence-corrected chi connectivity index (χ2v) is 7.23. The molecule has 6 nitrogen and oxygen atoms in total. The van der Waals surface area contributed by atoms with Crippen LogP contribution in [0, 0.1) is 5.82 Å². The molecule has 0 unspecified atom stereocenters. The average Bonchev–Trinajstić information content (AvgIpc) is 3.59. The number of benzene rings is 2. The van der Waals surface area contributed by atoms with Crippen LogP contribution in [0.25, 0.3) is 0 Å². The van der Waals surface area contributed by atoms with Crippen LogP contribution in [0.1, 0.15) is 24.8 Å². The number of methoxy groups -OCH3 is 1. The number of hydrogen-bond acceptors (Lipinski definition) is 4. The molecule has 3 rings (SSSR count). The first-order chi connectivity index (χ1) is 14.6. The van der Waals surface area contributed by atoms with Gasteiger partial charge in [0.15, 0.2) is 18.1 Å². The topological polar surface area (TPSA) is 67.9 Å². The lowest BCUT2D eigenvalue weighted by molar-refractivity contribution is -0.134. The van der Waals surface area contributed by atoms with Crippen LogP contribution in [-0.2, 0) is 16.0 Å². The third kappa shape index (κ3) is 6.47. The highest BCUT2D eigenvalue weighted by Gasteiger charge is 2.32. The molecule has 160 valence electrons. The molecule has 1 aliphatic carbocycles. The van der Waals surface area contributed by atoms with Crippen molar-refractivity contribution in [3.8, 4) is 11.5 Å². The van der Waals surface area contributed by atoms with Crippen molar-refractivity contribution < 1.29 is 23.5 Å². The molecule has 2 aromatic carbocycles. The second-order valence-electron chi connectivity index (χ2n) is 7.23. The average molecular weight is 414 g/mol. The molecular formula is C23H27FN2O4. The van der Waals surface area contributed by atoms with E-state index in [1.54, 1.807) is 36.3 Å². The molecule has 2 aromatic rings. The maximum absolute atomic E-state index is 12.9. The molecule has 2 amide bonds. The Balaban J connectivity index is 1.41. The fourth-order valence-corrected chi connectivity index (χ4v) is 3.17. The summed E-state index contributed by atoms with van der Waals surface area (Å²) in [7, 11) is 1.55. The van der Waals surface area contributed by atoms with Crippen LogP contribution in [0.2, 0.25) is 0 Å². The SMILES string of the molecule is COc1ccccc1OCC(=O)N(CCC(=O)NCCc1ccc(F)cc1)C1CC1. The van der Waals surface area contributed by atoms with Crippen LogP contribution in [0.4, 0.5) is 4.39 Å². The summed E-state index contributed by atoms with van der Waals surface area (Å²) in [6.45, 7) is 0.739. The third-order valence-electron chi connectivity index (χ3n) is 4.96. The van der Waals surface area contributed by atoms with E-state index in [2.05, 4.69) is 5.32 Å². The molecule has 0 spiro atoms. The Labute approximate surface area is 176 Å². The van der Waals surface area contributed by atoms with Crippen molar-refractivity contribution in [2.75, 3.05) is 26.8 Å². The molecule has 0 aromatic heterocycles. The first kappa shape index (κ1) is 21.6. The molecular weight excluding hydrogens is 387 g/mol. The van der Waals surface area contributed by atoms with Gasteiger partial charge in [-0.15, -0.1) is 0 Å². The van der Waals surface area contributed by atoms with Crippen molar-refractivity contribution in [2.45, 2.75) is 31.7 Å². The summed E-state index contributed by atoms with van der Waals surface area (Å²) >= 11 is 0. The van der Waals surface area contributed by atoms with Gasteiger partial charge in [-0.25, -0.2) is 4.39 Å². The minimum Gasteiger partial charge on any atom is -0.493 e. The fraction of sp³-hybridized carbons (Fsp3) is 0.391. The van der Waals surface area contributed by atoms with Crippen molar-refractivity contribution in [1.29, 1.82) is 0 Å². The van der Waals surface area contributed by atoms with E-state index in [1.807, 2.05) is 12.1 Å². The van der Waals surface area contributed by atoms with Crippen LogP contribution >= 0.6 is 0 Å². The molecule has 0 radical (unpaired) electrons. The number of ether oxygens (including phenoxy) is 2. The molecule has 0 saturated heterocycles. The van der Waals surface area contributed by atoms with E-state index in [0.29, 0.717) is 31.0 Å². The molecule has 0 heterocycles. The smallest absolute Gasteiger partial charge is 0.260 e. The van der Waals surface area contributed by atoms with E-state index >= 15 is 0 Å². The largest absolute Gasteiger partial charge is 0.493 e. The molecule has 7 heteroatoms. The Morgan fingerprint density at radius 3 is 2.47 bits per heavy atom. The predicted molar refractivity (Wildman–Crippen MR) is 111 cm³/mol. The minimum atomic E-state index is -0.276. The Hall–Kier alpha value is -3.09. The number of halogens is 1. The lowest BCUT2D eigenvalue weighted by Crippen LogP contribution is -2.39. The van der Waals surface area contributed by atoms with Gasteiger partial charge in [-0.05, 0) is 49.1 Å². The van der Waals surface area contributed by atoms with Crippen molar-refractivity contribution >= 4 is 11.8 Å². The number of nitrogens with zero attached hydrogens (tertiary/aromatic N) is 1. The first-order valence-electron chi connectivity index (χ1n) is 10.1. The van der Waals surface area contributed by atoms with Crippen molar-refractivity contribution in [3.63, 3.8) is 0 Å². The predicted octanol–water partition coefficient (Wildman–Crippen LogP) is 2.95. The molecule has 0 aliphatic heterocycles. The zero-order valence-electron chi connectivity index (χ0n) is 17.1. The highest BCUT2D eigenvalue weighted by molar-refractivity contribution is 5.80. The van der Waals surface area contributed by atoms with Gasteiger partial charge in [0.2, 0.25) is 5.91 Å². The van der Waals surface area contributed by atoms with Gasteiger partial charge in [0, 0.05) is 25.6 Å². The Bertz CT molecular complexity index is 853. The van der Waals surface area contributed by atoms with E-state index in [-0.39, 0.29) is 36.7 Å². The van der Waals surface area contributed by atoms with Crippen molar-refractivity contribution in [1.82, 2.24) is 10.2 Å². The summed E-state index contributed by atoms with van der Waals surface area (Å²) in [6, 6.07) is 13.6. The van der Waals surface area contributed by atoms with Gasteiger partial charge in [-0.3, -0.25) is 9.59 Å². The summed E-state index contributed by atoms with van der Waals surface area (Å²) in [4.78, 5) is 26.5. The van der Waals surface area contributed by atoms with Gasteiger partial charge in [0.05, 0.1) is 7.11 Å². The highest BCUT2D eigenvalue weighted by Crippen LogP contribution is 2.28. The highest BCUT2D eigenvalue weighted by atomic mass is 19.1. The van der Waals surface area contributed by atoms with E-state index in [9.17, 15) is 14.0 Å². The van der Waals surface area contributed by atoms with Gasteiger partial charge in [0.1, 0.15) is 5.82 Å². The number of hydrogen-bond donors (Lipinski definition) is 1. The van der Waals surface area contributed by atoms with E-state index in [0.717, 1.165) is 18.4 Å². The van der Waals surface area contributed by atoms with Crippen molar-refractivity contribution in [3.05, 3.63) is 59.9 Å². The van der Waals surface area contributed by atoms with Crippen molar-refractivity contribution in [2.24, 2.45) is 0 Å². The van der Waals surface area contributed by atoms with E-state index in [1.165, 1.54) is 12.1 Å². The van der Waals surface area contributed by atoms with Gasteiger partial charge in [0.25, 0.3) is 5.91 Å². The standard InChI is InChI=1S/C23H27FN2O4/c1-29-20-4-2-3-5-21(20)30-16-23(28)26(19-10-11-19)15-13-22(27)25-14-12-17-6-8-18(24)9-7-17/h2-9,19H,10-16H2,1H3,(H,25,27). The summed E-state index contributed by atoms with van der Waals surface area (Å²) < 4.78 is 23.8.